The quantitative estimate of drug-likeness (QED) is 0.821. The minimum Gasteiger partial charge on any atom is -0.306 e. The van der Waals surface area contributed by atoms with Crippen molar-refractivity contribution in [3.63, 3.8) is 0 Å². The van der Waals surface area contributed by atoms with Gasteiger partial charge in [0.25, 0.3) is 0 Å². The Hall–Kier alpha value is -1.75. The molecule has 2 aromatic rings. The average Bonchev–Trinajstić information content (AvgIpc) is 2.85. The van der Waals surface area contributed by atoms with Crippen LogP contribution in [0, 0.1) is 0 Å². The highest BCUT2D eigenvalue weighted by atomic mass is 15.3. The second-order valence-corrected chi connectivity index (χ2v) is 5.27. The van der Waals surface area contributed by atoms with E-state index in [0.717, 1.165) is 23.6 Å². The molecule has 5 nitrogen and oxygen atoms in total. The Morgan fingerprint density at radius 2 is 2.16 bits per heavy atom. The second kappa shape index (κ2) is 5.09. The van der Waals surface area contributed by atoms with Gasteiger partial charge in [0.2, 0.25) is 0 Å². The highest BCUT2D eigenvalue weighted by Crippen LogP contribution is 2.25. The van der Waals surface area contributed by atoms with E-state index in [4.69, 9.17) is 4.98 Å². The number of piperidine rings is 1. The Morgan fingerprint density at radius 1 is 1.26 bits per heavy atom. The van der Waals surface area contributed by atoms with E-state index in [1.54, 1.807) is 6.20 Å². The molecule has 1 saturated heterocycles. The van der Waals surface area contributed by atoms with Gasteiger partial charge in [-0.25, -0.2) is 4.98 Å². The zero-order chi connectivity index (χ0) is 13.2. The van der Waals surface area contributed by atoms with Crippen LogP contribution in [0.15, 0.2) is 24.7 Å². The van der Waals surface area contributed by atoms with E-state index in [1.807, 2.05) is 30.2 Å². The lowest BCUT2D eigenvalue weighted by atomic mass is 9.95. The molecule has 0 radical (unpaired) electrons. The van der Waals surface area contributed by atoms with Crippen LogP contribution in [0.4, 0.5) is 0 Å². The molecule has 1 fully saturated rings. The molecule has 2 aromatic heterocycles. The highest BCUT2D eigenvalue weighted by molar-refractivity contribution is 5.52. The van der Waals surface area contributed by atoms with Crippen LogP contribution in [0.25, 0.3) is 11.4 Å². The van der Waals surface area contributed by atoms with Crippen molar-refractivity contribution in [2.24, 2.45) is 7.05 Å². The third-order valence-electron chi connectivity index (χ3n) is 3.78. The van der Waals surface area contributed by atoms with Crippen molar-refractivity contribution in [1.82, 2.24) is 24.6 Å². The summed E-state index contributed by atoms with van der Waals surface area (Å²) in [5.41, 5.74) is 3.02. The van der Waals surface area contributed by atoms with Crippen molar-refractivity contribution < 1.29 is 0 Å². The van der Waals surface area contributed by atoms with E-state index in [1.165, 1.54) is 19.4 Å². The number of hydrogen-bond donors (Lipinski definition) is 0. The van der Waals surface area contributed by atoms with Crippen LogP contribution in [0.2, 0.25) is 0 Å². The SMILES string of the molecule is CN1CCC[C@H](c2cncc(-c3ccnn3C)n2)C1. The lowest BCUT2D eigenvalue weighted by Gasteiger charge is -2.29. The second-order valence-electron chi connectivity index (χ2n) is 5.27. The molecule has 19 heavy (non-hydrogen) atoms. The van der Waals surface area contributed by atoms with Crippen molar-refractivity contribution in [1.29, 1.82) is 0 Å². The van der Waals surface area contributed by atoms with Crippen LogP contribution < -0.4 is 0 Å². The van der Waals surface area contributed by atoms with Gasteiger partial charge in [-0.05, 0) is 32.5 Å². The molecule has 100 valence electrons. The zero-order valence-electron chi connectivity index (χ0n) is 11.5. The van der Waals surface area contributed by atoms with Gasteiger partial charge in [-0.2, -0.15) is 5.10 Å². The Kier molecular flexibility index (Phi) is 3.29. The Morgan fingerprint density at radius 3 is 2.89 bits per heavy atom. The van der Waals surface area contributed by atoms with E-state index in [-0.39, 0.29) is 0 Å². The van der Waals surface area contributed by atoms with Gasteiger partial charge in [-0.15, -0.1) is 0 Å². The molecule has 0 bridgehead atoms. The molecular weight excluding hydrogens is 238 g/mol. The van der Waals surface area contributed by atoms with Crippen molar-refractivity contribution in [3.05, 3.63) is 30.4 Å². The van der Waals surface area contributed by atoms with Gasteiger partial charge in [-0.1, -0.05) is 0 Å². The predicted molar refractivity (Wildman–Crippen MR) is 73.7 cm³/mol. The number of aromatic nitrogens is 4. The summed E-state index contributed by atoms with van der Waals surface area (Å²) in [7, 11) is 4.10. The van der Waals surface area contributed by atoms with Gasteiger partial charge in [0.05, 0.1) is 17.6 Å². The first kappa shape index (κ1) is 12.3. The van der Waals surface area contributed by atoms with E-state index in [2.05, 4.69) is 22.0 Å². The van der Waals surface area contributed by atoms with E-state index >= 15 is 0 Å². The van der Waals surface area contributed by atoms with Crippen molar-refractivity contribution >= 4 is 0 Å². The summed E-state index contributed by atoms with van der Waals surface area (Å²) >= 11 is 0. The Bertz CT molecular complexity index is 562. The summed E-state index contributed by atoms with van der Waals surface area (Å²) in [6.07, 6.45) is 7.95. The molecule has 0 N–H and O–H groups in total. The summed E-state index contributed by atoms with van der Waals surface area (Å²) in [5, 5.41) is 4.19. The number of likely N-dealkylation sites (N-methyl/N-ethyl adjacent to an activating group) is 1. The van der Waals surface area contributed by atoms with E-state index in [9.17, 15) is 0 Å². The van der Waals surface area contributed by atoms with Gasteiger partial charge >= 0.3 is 0 Å². The first-order valence-corrected chi connectivity index (χ1v) is 6.73. The van der Waals surface area contributed by atoms with Gasteiger partial charge in [0, 0.05) is 31.9 Å². The molecule has 3 rings (SSSR count). The fraction of sp³-hybridized carbons (Fsp3) is 0.500. The summed E-state index contributed by atoms with van der Waals surface area (Å²) in [6.45, 7) is 2.26. The van der Waals surface area contributed by atoms with Crippen LogP contribution in [0.1, 0.15) is 24.5 Å². The summed E-state index contributed by atoms with van der Waals surface area (Å²) < 4.78 is 1.83. The maximum Gasteiger partial charge on any atom is 0.107 e. The molecule has 3 heterocycles. The van der Waals surface area contributed by atoms with Gasteiger partial charge in [-0.3, -0.25) is 9.67 Å². The topological polar surface area (TPSA) is 46.8 Å². The summed E-state index contributed by atoms with van der Waals surface area (Å²) in [5.74, 6) is 0.499. The van der Waals surface area contributed by atoms with Crippen molar-refractivity contribution in [3.8, 4) is 11.4 Å². The lowest BCUT2D eigenvalue weighted by molar-refractivity contribution is 0.248. The predicted octanol–water partition coefficient (Wildman–Crippen LogP) is 1.69. The third kappa shape index (κ3) is 2.51. The number of nitrogens with zero attached hydrogens (tertiary/aromatic N) is 5. The first-order valence-electron chi connectivity index (χ1n) is 6.73. The zero-order valence-corrected chi connectivity index (χ0v) is 11.5. The largest absolute Gasteiger partial charge is 0.306 e. The Labute approximate surface area is 113 Å². The number of likely N-dealkylation sites (tertiary alicyclic amines) is 1. The molecule has 1 atom stereocenters. The summed E-state index contributed by atoms with van der Waals surface area (Å²) in [6, 6.07) is 1.97. The summed E-state index contributed by atoms with van der Waals surface area (Å²) in [4.78, 5) is 11.5. The number of rotatable bonds is 2. The van der Waals surface area contributed by atoms with Crippen LogP contribution >= 0.6 is 0 Å². The molecule has 0 spiro atoms. The van der Waals surface area contributed by atoms with Crippen LogP contribution in [-0.4, -0.2) is 44.8 Å². The molecule has 1 aliphatic heterocycles. The van der Waals surface area contributed by atoms with Crippen LogP contribution in [0.3, 0.4) is 0 Å². The third-order valence-corrected chi connectivity index (χ3v) is 3.78. The fourth-order valence-corrected chi connectivity index (χ4v) is 2.73. The maximum absolute atomic E-state index is 4.78. The molecule has 1 aliphatic rings. The minimum atomic E-state index is 0.499. The average molecular weight is 257 g/mol. The molecule has 0 amide bonds. The lowest BCUT2D eigenvalue weighted by Crippen LogP contribution is -2.31. The normalized spacial score (nSPS) is 20.6. The molecule has 5 heteroatoms. The van der Waals surface area contributed by atoms with Crippen LogP contribution in [-0.2, 0) is 7.05 Å². The fourth-order valence-electron chi connectivity index (χ4n) is 2.73. The van der Waals surface area contributed by atoms with Gasteiger partial charge in [0.15, 0.2) is 0 Å². The first-order chi connectivity index (χ1) is 9.24. The Balaban J connectivity index is 1.90. The molecule has 0 aliphatic carbocycles. The van der Waals surface area contributed by atoms with Gasteiger partial charge in [0.1, 0.15) is 5.69 Å². The minimum absolute atomic E-state index is 0.499. The van der Waals surface area contributed by atoms with Crippen molar-refractivity contribution in [2.75, 3.05) is 20.1 Å². The number of hydrogen-bond acceptors (Lipinski definition) is 4. The van der Waals surface area contributed by atoms with Crippen molar-refractivity contribution in [2.45, 2.75) is 18.8 Å². The number of aryl methyl sites for hydroxylation is 1. The van der Waals surface area contributed by atoms with E-state index < -0.39 is 0 Å². The van der Waals surface area contributed by atoms with E-state index in [0.29, 0.717) is 5.92 Å². The maximum atomic E-state index is 4.78. The molecule has 0 unspecified atom stereocenters. The smallest absolute Gasteiger partial charge is 0.107 e. The standard InChI is InChI=1S/C14H19N5/c1-18-7-3-4-11(10-18)12-8-15-9-13(17-12)14-5-6-16-19(14)2/h5-6,8-9,11H,3-4,7,10H2,1-2H3/t11-/m0/s1. The van der Waals surface area contributed by atoms with Crippen LogP contribution in [0.5, 0.6) is 0 Å². The monoisotopic (exact) mass is 257 g/mol. The molecule has 0 aromatic carbocycles. The highest BCUT2D eigenvalue weighted by Gasteiger charge is 2.21. The molecule has 0 saturated carbocycles. The molecular formula is C14H19N5. The van der Waals surface area contributed by atoms with Gasteiger partial charge < -0.3 is 4.90 Å².